The zero-order valence-electron chi connectivity index (χ0n) is 21.7. The molecule has 1 heterocycles. The van der Waals surface area contributed by atoms with Gasteiger partial charge in [0.2, 0.25) is 0 Å². The summed E-state index contributed by atoms with van der Waals surface area (Å²) < 4.78 is 13.5. The summed E-state index contributed by atoms with van der Waals surface area (Å²) in [6.07, 6.45) is 8.01. The third kappa shape index (κ3) is 51.2. The second kappa shape index (κ2) is 39.8. The first-order chi connectivity index (χ1) is 15.4. The Hall–Kier alpha value is -1.66. The highest BCUT2D eigenvalue weighted by Gasteiger charge is 1.94. The fourth-order valence-corrected chi connectivity index (χ4v) is 1.69. The first-order valence-corrected chi connectivity index (χ1v) is 11.1. The predicted molar refractivity (Wildman–Crippen MR) is 130 cm³/mol. The molecule has 11 heteroatoms. The molecule has 0 atom stereocenters. The van der Waals surface area contributed by atoms with Crippen LogP contribution in [-0.4, -0.2) is 88.1 Å². The van der Waals surface area contributed by atoms with Crippen molar-refractivity contribution in [2.75, 3.05) is 75.9 Å². The lowest BCUT2D eigenvalue weighted by Crippen LogP contribution is -2.19. The van der Waals surface area contributed by atoms with Gasteiger partial charge in [-0.2, -0.15) is 5.48 Å². The van der Waals surface area contributed by atoms with Crippen LogP contribution < -0.4 is 26.7 Å². The van der Waals surface area contributed by atoms with E-state index in [0.29, 0.717) is 6.73 Å². The van der Waals surface area contributed by atoms with Crippen molar-refractivity contribution < 1.29 is 28.6 Å². The van der Waals surface area contributed by atoms with Gasteiger partial charge in [-0.15, -0.1) is 0 Å². The molecule has 0 unspecified atom stereocenters. The van der Waals surface area contributed by atoms with Crippen molar-refractivity contribution in [1.82, 2.24) is 26.7 Å². The van der Waals surface area contributed by atoms with Crippen LogP contribution in [0.1, 0.15) is 51.9 Å². The van der Waals surface area contributed by atoms with Crippen LogP contribution >= 0.6 is 0 Å². The molecule has 32 heavy (non-hydrogen) atoms. The summed E-state index contributed by atoms with van der Waals surface area (Å²) in [6, 6.07) is 0. The molecule has 196 valence electrons. The van der Waals surface area contributed by atoms with Gasteiger partial charge in [0, 0.05) is 20.7 Å². The summed E-state index contributed by atoms with van der Waals surface area (Å²) in [5, 5.41) is 10.3. The lowest BCUT2D eigenvalue weighted by atomic mass is 10.1. The number of methoxy groups -OCH3 is 2. The van der Waals surface area contributed by atoms with Crippen molar-refractivity contribution in [1.29, 1.82) is 0 Å². The number of nitrogens with one attached hydrogen (secondary N) is 5. The van der Waals surface area contributed by atoms with Gasteiger partial charge in [-0.1, -0.05) is 32.6 Å². The van der Waals surface area contributed by atoms with Crippen LogP contribution in [0.3, 0.4) is 0 Å². The second-order valence-corrected chi connectivity index (χ2v) is 6.25. The molecule has 1 saturated heterocycles. The molecular formula is C21H51N5O6. The van der Waals surface area contributed by atoms with Crippen LogP contribution in [0, 0.1) is 0 Å². The zero-order chi connectivity index (χ0) is 25.3. The van der Waals surface area contributed by atoms with Gasteiger partial charge in [-0.25, -0.2) is 9.59 Å². The molecule has 0 aromatic heterocycles. The van der Waals surface area contributed by atoms with E-state index in [1.54, 1.807) is 0 Å². The van der Waals surface area contributed by atoms with E-state index in [1.165, 1.54) is 66.8 Å². The molecule has 0 aliphatic carbocycles. The molecule has 0 aromatic rings. The third-order valence-corrected chi connectivity index (χ3v) is 3.36. The number of ether oxygens (including phenoxy) is 3. The largest absolute Gasteiger partial charge is 0.453 e. The SMILES string of the molecule is C1CCCOCNOCCC1.CCCCNC.CNC.CNC(=O)OC.CNC(=O)OC. The first-order valence-electron chi connectivity index (χ1n) is 11.1. The highest BCUT2D eigenvalue weighted by Crippen LogP contribution is 2.03. The number of hydrogen-bond donors (Lipinski definition) is 5. The van der Waals surface area contributed by atoms with Crippen molar-refractivity contribution in [3.63, 3.8) is 0 Å². The minimum Gasteiger partial charge on any atom is -0.453 e. The molecule has 0 bridgehead atoms. The molecule has 0 aromatic carbocycles. The molecule has 5 N–H and O–H groups in total. The third-order valence-electron chi connectivity index (χ3n) is 3.36. The average Bonchev–Trinajstić information content (AvgIpc) is 2.90. The molecule has 0 spiro atoms. The van der Waals surface area contributed by atoms with E-state index in [9.17, 15) is 9.59 Å². The smallest absolute Gasteiger partial charge is 0.406 e. The maximum atomic E-state index is 9.85. The first kappa shape index (κ1) is 37.6. The number of alkyl carbamates (subject to hydrolysis) is 2. The second-order valence-electron chi connectivity index (χ2n) is 6.25. The lowest BCUT2D eigenvalue weighted by molar-refractivity contribution is -0.0327. The average molecular weight is 470 g/mol. The van der Waals surface area contributed by atoms with Crippen LogP contribution in [0.15, 0.2) is 0 Å². The quantitative estimate of drug-likeness (QED) is 0.395. The maximum absolute atomic E-state index is 9.85. The maximum Gasteiger partial charge on any atom is 0.406 e. The molecule has 1 aliphatic rings. The summed E-state index contributed by atoms with van der Waals surface area (Å²) in [5.41, 5.74) is 2.76. The molecule has 1 rings (SSSR count). The van der Waals surface area contributed by atoms with Crippen LogP contribution in [0.25, 0.3) is 0 Å². The zero-order valence-corrected chi connectivity index (χ0v) is 21.7. The summed E-state index contributed by atoms with van der Waals surface area (Å²) in [6.45, 7) is 5.55. The van der Waals surface area contributed by atoms with Crippen LogP contribution in [-0.2, 0) is 19.0 Å². The van der Waals surface area contributed by atoms with Crippen LogP contribution in [0.2, 0.25) is 0 Å². The Balaban J connectivity index is -0.000000164. The van der Waals surface area contributed by atoms with Crippen molar-refractivity contribution >= 4 is 12.2 Å². The Morgan fingerprint density at radius 2 is 1.31 bits per heavy atom. The topological polar surface area (TPSA) is 131 Å². The van der Waals surface area contributed by atoms with E-state index in [0.717, 1.165) is 26.2 Å². The molecule has 1 fully saturated rings. The van der Waals surface area contributed by atoms with Crippen molar-refractivity contribution in [3.05, 3.63) is 0 Å². The summed E-state index contributed by atoms with van der Waals surface area (Å²) >= 11 is 0. The Morgan fingerprint density at radius 3 is 1.66 bits per heavy atom. The Morgan fingerprint density at radius 1 is 0.844 bits per heavy atom. The number of hydroxylamine groups is 1. The summed E-state index contributed by atoms with van der Waals surface area (Å²) in [7, 11) is 11.4. The van der Waals surface area contributed by atoms with Gasteiger partial charge in [-0.05, 0) is 47.0 Å². The van der Waals surface area contributed by atoms with Gasteiger partial charge in [0.1, 0.15) is 6.73 Å². The minimum atomic E-state index is -0.407. The number of rotatable bonds is 3. The summed E-state index contributed by atoms with van der Waals surface area (Å²) in [4.78, 5) is 24.8. The molecule has 1 aliphatic heterocycles. The van der Waals surface area contributed by atoms with E-state index < -0.39 is 12.2 Å². The van der Waals surface area contributed by atoms with E-state index in [-0.39, 0.29) is 0 Å². The van der Waals surface area contributed by atoms with Gasteiger partial charge in [-0.3, -0.25) is 4.84 Å². The predicted octanol–water partition coefficient (Wildman–Crippen LogP) is 2.23. The Bertz CT molecular complexity index is 283. The van der Waals surface area contributed by atoms with E-state index in [4.69, 9.17) is 9.57 Å². The molecular weight excluding hydrogens is 418 g/mol. The molecule has 0 saturated carbocycles. The Kier molecular flexibility index (Phi) is 46.8. The van der Waals surface area contributed by atoms with E-state index in [1.807, 2.05) is 21.1 Å². The number of carbonyl (C=O) groups excluding carboxylic acids is 2. The number of unbranched alkanes of at least 4 members (excludes halogenated alkanes) is 1. The highest BCUT2D eigenvalue weighted by molar-refractivity contribution is 5.66. The Labute approximate surface area is 196 Å². The van der Waals surface area contributed by atoms with Crippen molar-refractivity contribution in [2.24, 2.45) is 0 Å². The molecule has 0 radical (unpaired) electrons. The highest BCUT2D eigenvalue weighted by atomic mass is 16.7. The van der Waals surface area contributed by atoms with E-state index >= 15 is 0 Å². The van der Waals surface area contributed by atoms with Gasteiger partial charge in [0.25, 0.3) is 0 Å². The lowest BCUT2D eigenvalue weighted by Gasteiger charge is -2.03. The summed E-state index contributed by atoms with van der Waals surface area (Å²) in [5.74, 6) is 0. The van der Waals surface area contributed by atoms with Gasteiger partial charge in [0.05, 0.1) is 20.8 Å². The number of hydrogen-bond acceptors (Lipinski definition) is 9. The van der Waals surface area contributed by atoms with Crippen molar-refractivity contribution in [2.45, 2.75) is 51.9 Å². The molecule has 2 amide bonds. The number of amides is 2. The standard InChI is InChI=1S/C8H17NO2.C5H13N.2C3H7NO2.C2H7N/c1-2-4-6-10-8-9-11-7-5-3-1;1-3-4-5-6-2;2*1-4-3(5)6-2;1-3-2/h9H,1-8H2;6H,3-5H2,1-2H3;2*1-2H3,(H,4,5);3H,1-2H3. The van der Waals surface area contributed by atoms with Gasteiger partial charge in [0.15, 0.2) is 0 Å². The van der Waals surface area contributed by atoms with Crippen molar-refractivity contribution in [3.8, 4) is 0 Å². The fraction of sp³-hybridized carbons (Fsp3) is 0.905. The minimum absolute atomic E-state index is 0.407. The monoisotopic (exact) mass is 469 g/mol. The fourth-order valence-electron chi connectivity index (χ4n) is 1.69. The van der Waals surface area contributed by atoms with E-state index in [2.05, 4.69) is 43.1 Å². The normalized spacial score (nSPS) is 13.1. The van der Waals surface area contributed by atoms with Crippen LogP contribution in [0.4, 0.5) is 9.59 Å². The number of carbonyl (C=O) groups is 2. The molecule has 11 nitrogen and oxygen atoms in total. The van der Waals surface area contributed by atoms with Crippen LogP contribution in [0.5, 0.6) is 0 Å². The van der Waals surface area contributed by atoms with Gasteiger partial charge >= 0.3 is 12.2 Å². The van der Waals surface area contributed by atoms with Gasteiger partial charge < -0.3 is 35.5 Å².